The van der Waals surface area contributed by atoms with Gasteiger partial charge in [-0.25, -0.2) is 9.82 Å². The maximum absolute atomic E-state index is 13.3. The number of nitrogens with two attached hydrogens (primary N) is 1. The molecular weight excluding hydrogens is 273 g/mol. The lowest BCUT2D eigenvalue weighted by molar-refractivity contribution is 0.629. The Balaban J connectivity index is 2.07. The second-order valence-electron chi connectivity index (χ2n) is 4.73. The van der Waals surface area contributed by atoms with E-state index in [4.69, 9.17) is 5.84 Å². The summed E-state index contributed by atoms with van der Waals surface area (Å²) in [4.78, 5) is 5.24. The van der Waals surface area contributed by atoms with Gasteiger partial charge in [0.25, 0.3) is 0 Å². The molecule has 0 saturated carbocycles. The topological polar surface area (TPSA) is 50.9 Å². The summed E-state index contributed by atoms with van der Waals surface area (Å²) < 4.78 is 14.3. The van der Waals surface area contributed by atoms with Crippen LogP contribution in [0.25, 0.3) is 10.1 Å². The minimum atomic E-state index is -0.226. The van der Waals surface area contributed by atoms with Gasteiger partial charge in [-0.15, -0.1) is 11.3 Å². The van der Waals surface area contributed by atoms with Gasteiger partial charge in [-0.1, -0.05) is 6.07 Å². The van der Waals surface area contributed by atoms with E-state index < -0.39 is 0 Å². The van der Waals surface area contributed by atoms with Crippen LogP contribution < -0.4 is 11.3 Å². The fraction of sp³-hybridized carbons (Fsp3) is 0.133. The Morgan fingerprint density at radius 1 is 1.25 bits per heavy atom. The molecule has 3 N–H and O–H groups in total. The van der Waals surface area contributed by atoms with Crippen molar-refractivity contribution in [2.75, 3.05) is 0 Å². The number of nitrogens with zero attached hydrogens (tertiary/aromatic N) is 1. The van der Waals surface area contributed by atoms with Gasteiger partial charge in [-0.2, -0.15) is 0 Å². The van der Waals surface area contributed by atoms with Crippen LogP contribution in [-0.2, 0) is 0 Å². The Morgan fingerprint density at radius 3 is 2.85 bits per heavy atom. The third-order valence-electron chi connectivity index (χ3n) is 3.18. The molecule has 0 radical (unpaired) electrons. The van der Waals surface area contributed by atoms with Crippen molar-refractivity contribution in [1.29, 1.82) is 0 Å². The Hall–Kier alpha value is -1.82. The van der Waals surface area contributed by atoms with Gasteiger partial charge in [0.2, 0.25) is 0 Å². The highest BCUT2D eigenvalue weighted by Gasteiger charge is 2.16. The zero-order chi connectivity index (χ0) is 14.1. The second kappa shape index (κ2) is 5.28. The van der Waals surface area contributed by atoms with Crippen LogP contribution in [-0.4, -0.2) is 4.98 Å². The van der Waals surface area contributed by atoms with E-state index in [1.54, 1.807) is 29.8 Å². The molecule has 0 amide bonds. The molecule has 2 heterocycles. The van der Waals surface area contributed by atoms with E-state index in [0.29, 0.717) is 0 Å². The molecule has 1 atom stereocenters. The number of fused-ring (bicyclic) bond motifs is 1. The molecule has 1 aromatic carbocycles. The van der Waals surface area contributed by atoms with Crippen molar-refractivity contribution in [1.82, 2.24) is 10.4 Å². The van der Waals surface area contributed by atoms with Crippen LogP contribution in [0, 0.1) is 12.7 Å². The van der Waals surface area contributed by atoms with Crippen LogP contribution in [0.1, 0.15) is 22.0 Å². The van der Waals surface area contributed by atoms with Crippen molar-refractivity contribution < 1.29 is 4.39 Å². The number of rotatable bonds is 3. The molecule has 3 aromatic rings. The average molecular weight is 287 g/mol. The van der Waals surface area contributed by atoms with Crippen LogP contribution in [0.4, 0.5) is 4.39 Å². The molecule has 0 saturated heterocycles. The largest absolute Gasteiger partial charge is 0.271 e. The van der Waals surface area contributed by atoms with Gasteiger partial charge in [0.1, 0.15) is 5.82 Å². The maximum Gasteiger partial charge on any atom is 0.123 e. The molecule has 5 heteroatoms. The van der Waals surface area contributed by atoms with Crippen LogP contribution in [0.3, 0.4) is 0 Å². The van der Waals surface area contributed by atoms with E-state index >= 15 is 0 Å². The van der Waals surface area contributed by atoms with Crippen molar-refractivity contribution in [3.8, 4) is 0 Å². The summed E-state index contributed by atoms with van der Waals surface area (Å²) in [6.07, 6.45) is 3.60. The normalized spacial score (nSPS) is 12.8. The van der Waals surface area contributed by atoms with Gasteiger partial charge >= 0.3 is 0 Å². The zero-order valence-electron chi connectivity index (χ0n) is 10.9. The summed E-state index contributed by atoms with van der Waals surface area (Å²) in [5.74, 6) is 5.47. The first-order valence-corrected chi connectivity index (χ1v) is 7.05. The average Bonchev–Trinajstić information content (AvgIpc) is 2.82. The van der Waals surface area contributed by atoms with E-state index in [1.165, 1.54) is 12.1 Å². The summed E-state index contributed by atoms with van der Waals surface area (Å²) in [7, 11) is 0. The third kappa shape index (κ3) is 2.43. The molecular formula is C15H14FN3S. The minimum Gasteiger partial charge on any atom is -0.271 e. The lowest BCUT2D eigenvalue weighted by Crippen LogP contribution is -2.28. The maximum atomic E-state index is 13.3. The van der Waals surface area contributed by atoms with Gasteiger partial charge in [0, 0.05) is 22.0 Å². The number of hydrazine groups is 1. The molecule has 0 fully saturated rings. The molecule has 3 rings (SSSR count). The Labute approximate surface area is 120 Å². The van der Waals surface area contributed by atoms with Gasteiger partial charge in [-0.05, 0) is 47.7 Å². The van der Waals surface area contributed by atoms with Gasteiger partial charge in [-0.3, -0.25) is 10.8 Å². The highest BCUT2D eigenvalue weighted by Crippen LogP contribution is 2.33. The first-order chi connectivity index (χ1) is 9.67. The fourth-order valence-electron chi connectivity index (χ4n) is 2.26. The number of aromatic nitrogens is 1. The van der Waals surface area contributed by atoms with E-state index in [1.807, 2.05) is 19.1 Å². The van der Waals surface area contributed by atoms with Gasteiger partial charge < -0.3 is 0 Å². The van der Waals surface area contributed by atoms with Crippen molar-refractivity contribution >= 4 is 21.4 Å². The molecule has 20 heavy (non-hydrogen) atoms. The Kier molecular flexibility index (Phi) is 3.48. The molecule has 0 aliphatic carbocycles. The summed E-state index contributed by atoms with van der Waals surface area (Å²) in [6.45, 7) is 1.99. The smallest absolute Gasteiger partial charge is 0.123 e. The van der Waals surface area contributed by atoms with Crippen LogP contribution in [0.15, 0.2) is 42.7 Å². The predicted octanol–water partition coefficient (Wildman–Crippen LogP) is 3.30. The van der Waals surface area contributed by atoms with Crippen LogP contribution in [0.2, 0.25) is 0 Å². The minimum absolute atomic E-state index is 0.136. The Morgan fingerprint density at radius 2 is 2.10 bits per heavy atom. The summed E-state index contributed by atoms with van der Waals surface area (Å²) >= 11 is 1.60. The summed E-state index contributed by atoms with van der Waals surface area (Å²) in [6, 6.07) is 8.68. The van der Waals surface area contributed by atoms with Gasteiger partial charge in [0.05, 0.1) is 6.04 Å². The molecule has 0 aliphatic heterocycles. The van der Waals surface area contributed by atoms with Crippen molar-refractivity contribution in [2.45, 2.75) is 13.0 Å². The molecule has 0 spiro atoms. The molecule has 2 aromatic heterocycles. The van der Waals surface area contributed by atoms with E-state index in [2.05, 4.69) is 10.4 Å². The van der Waals surface area contributed by atoms with Crippen molar-refractivity contribution in [3.05, 3.63) is 64.5 Å². The number of benzene rings is 1. The number of hydrogen-bond donors (Lipinski definition) is 2. The summed E-state index contributed by atoms with van der Waals surface area (Å²) in [5.41, 5.74) is 4.89. The molecule has 1 unspecified atom stereocenters. The van der Waals surface area contributed by atoms with E-state index in [0.717, 1.165) is 26.1 Å². The molecule has 0 bridgehead atoms. The highest BCUT2D eigenvalue weighted by atomic mass is 32.1. The number of pyridine rings is 1. The second-order valence-corrected chi connectivity index (χ2v) is 5.84. The van der Waals surface area contributed by atoms with Crippen LogP contribution in [0.5, 0.6) is 0 Å². The predicted molar refractivity (Wildman–Crippen MR) is 79.9 cm³/mol. The van der Waals surface area contributed by atoms with Crippen LogP contribution >= 0.6 is 11.3 Å². The zero-order valence-corrected chi connectivity index (χ0v) is 11.7. The lowest BCUT2D eigenvalue weighted by Gasteiger charge is -2.14. The number of nitrogens with one attached hydrogen (secondary N) is 1. The quantitative estimate of drug-likeness (QED) is 0.574. The number of thiophene rings is 1. The molecule has 0 aliphatic rings. The standard InChI is InChI=1S/C15H14FN3S/c1-9-4-11(8-18-7-9)15(19-17)14-6-10-5-12(16)2-3-13(10)20-14/h2-8,15,19H,17H2,1H3. The SMILES string of the molecule is Cc1cncc(C(NN)c2cc3cc(F)ccc3s2)c1. The van der Waals surface area contributed by atoms with Crippen molar-refractivity contribution in [3.63, 3.8) is 0 Å². The number of aryl methyl sites for hydroxylation is 1. The number of hydrogen-bond acceptors (Lipinski definition) is 4. The first-order valence-electron chi connectivity index (χ1n) is 6.24. The van der Waals surface area contributed by atoms with E-state index in [-0.39, 0.29) is 11.9 Å². The van der Waals surface area contributed by atoms with E-state index in [9.17, 15) is 4.39 Å². The highest BCUT2D eigenvalue weighted by molar-refractivity contribution is 7.19. The number of halogens is 1. The third-order valence-corrected chi connectivity index (χ3v) is 4.36. The molecule has 3 nitrogen and oxygen atoms in total. The molecule has 102 valence electrons. The lowest BCUT2D eigenvalue weighted by atomic mass is 10.1. The van der Waals surface area contributed by atoms with Crippen molar-refractivity contribution in [2.24, 2.45) is 5.84 Å². The first kappa shape index (κ1) is 13.2. The Bertz CT molecular complexity index is 754. The fourth-order valence-corrected chi connectivity index (χ4v) is 3.39. The summed E-state index contributed by atoms with van der Waals surface area (Å²) in [5, 5.41) is 0.894. The van der Waals surface area contributed by atoms with Gasteiger partial charge in [0.15, 0.2) is 0 Å². The monoisotopic (exact) mass is 287 g/mol.